The van der Waals surface area contributed by atoms with E-state index in [-0.39, 0.29) is 17.8 Å². The quantitative estimate of drug-likeness (QED) is 0.444. The van der Waals surface area contributed by atoms with Gasteiger partial charge in [-0.3, -0.25) is 24.3 Å². The molecule has 2 heterocycles. The van der Waals surface area contributed by atoms with E-state index in [0.29, 0.717) is 40.3 Å². The first kappa shape index (κ1) is 21.1. The number of nitrogens with one attached hydrogen (secondary N) is 1. The summed E-state index contributed by atoms with van der Waals surface area (Å²) in [6.45, 7) is 1.89. The van der Waals surface area contributed by atoms with Crippen LogP contribution in [0.25, 0.3) is 10.2 Å². The molecule has 0 radical (unpaired) electrons. The Labute approximate surface area is 181 Å². The number of non-ortho nitro benzene ring substituents is 1. The summed E-state index contributed by atoms with van der Waals surface area (Å²) < 4.78 is 6.55. The molecule has 31 heavy (non-hydrogen) atoms. The number of benzene rings is 1. The fourth-order valence-corrected chi connectivity index (χ4v) is 5.13. The third-order valence-corrected chi connectivity index (χ3v) is 6.63. The number of aryl methyl sites for hydroxylation is 3. The Morgan fingerprint density at radius 1 is 1.39 bits per heavy atom. The molecule has 9 nitrogen and oxygen atoms in total. The Morgan fingerprint density at radius 3 is 2.94 bits per heavy atom. The van der Waals surface area contributed by atoms with Crippen molar-refractivity contribution in [2.45, 2.75) is 39.2 Å². The number of hydrogen-bond donors (Lipinski definition) is 1. The number of nitrogens with zero attached hydrogens (tertiary/aromatic N) is 3. The fraction of sp³-hybridized carbons (Fsp3) is 0.381. The summed E-state index contributed by atoms with van der Waals surface area (Å²) in [5, 5.41) is 14.4. The van der Waals surface area contributed by atoms with Gasteiger partial charge in [0.05, 0.1) is 22.6 Å². The van der Waals surface area contributed by atoms with Gasteiger partial charge in [0.2, 0.25) is 5.91 Å². The zero-order chi connectivity index (χ0) is 22.1. The second-order valence-electron chi connectivity index (χ2n) is 7.50. The van der Waals surface area contributed by atoms with Gasteiger partial charge in [-0.15, -0.1) is 11.3 Å². The van der Waals surface area contributed by atoms with Crippen molar-refractivity contribution < 1.29 is 14.5 Å². The SMILES string of the molecule is COCCc1nc2sc3c(c2c(=O)n1CC(=O)Nc1cc([N+](=O)[O-])ccc1C)CCC3. The van der Waals surface area contributed by atoms with Gasteiger partial charge in [0.15, 0.2) is 0 Å². The zero-order valence-electron chi connectivity index (χ0n) is 17.3. The Kier molecular flexibility index (Phi) is 5.84. The highest BCUT2D eigenvalue weighted by molar-refractivity contribution is 7.18. The third kappa shape index (κ3) is 4.08. The van der Waals surface area contributed by atoms with Crippen LogP contribution in [0.1, 0.15) is 28.2 Å². The molecule has 0 bridgehead atoms. The molecule has 3 aromatic rings. The van der Waals surface area contributed by atoms with E-state index in [9.17, 15) is 19.7 Å². The van der Waals surface area contributed by atoms with Gasteiger partial charge in [0.25, 0.3) is 11.2 Å². The average molecular weight is 442 g/mol. The van der Waals surface area contributed by atoms with Crippen LogP contribution in [-0.2, 0) is 35.3 Å². The molecule has 2 aromatic heterocycles. The summed E-state index contributed by atoms with van der Waals surface area (Å²) in [6, 6.07) is 4.27. The number of carbonyl (C=O) groups excluding carboxylic acids is 1. The molecule has 1 aliphatic carbocycles. The van der Waals surface area contributed by atoms with Crippen molar-refractivity contribution in [3.63, 3.8) is 0 Å². The topological polar surface area (TPSA) is 116 Å². The van der Waals surface area contributed by atoms with E-state index in [0.717, 1.165) is 24.8 Å². The van der Waals surface area contributed by atoms with Gasteiger partial charge < -0.3 is 10.1 Å². The lowest BCUT2D eigenvalue weighted by Crippen LogP contribution is -2.31. The highest BCUT2D eigenvalue weighted by atomic mass is 32.1. The lowest BCUT2D eigenvalue weighted by molar-refractivity contribution is -0.384. The summed E-state index contributed by atoms with van der Waals surface area (Å²) in [4.78, 5) is 43.3. The normalized spacial score (nSPS) is 12.8. The van der Waals surface area contributed by atoms with Gasteiger partial charge in [0, 0.05) is 30.5 Å². The number of nitro benzene ring substituents is 1. The van der Waals surface area contributed by atoms with Crippen LogP contribution in [0.3, 0.4) is 0 Å². The number of methoxy groups -OCH3 is 1. The van der Waals surface area contributed by atoms with Crippen molar-refractivity contribution in [2.24, 2.45) is 0 Å². The van der Waals surface area contributed by atoms with Crippen LogP contribution in [-0.4, -0.2) is 34.1 Å². The minimum atomic E-state index is -0.516. The summed E-state index contributed by atoms with van der Waals surface area (Å²) in [6.07, 6.45) is 3.22. The number of carbonyl (C=O) groups is 1. The Hall–Kier alpha value is -3.11. The van der Waals surface area contributed by atoms with E-state index in [2.05, 4.69) is 10.3 Å². The van der Waals surface area contributed by atoms with Crippen LogP contribution in [0.4, 0.5) is 11.4 Å². The number of aromatic nitrogens is 2. The second-order valence-corrected chi connectivity index (χ2v) is 8.59. The highest BCUT2D eigenvalue weighted by Gasteiger charge is 2.24. The van der Waals surface area contributed by atoms with Crippen LogP contribution >= 0.6 is 11.3 Å². The van der Waals surface area contributed by atoms with Gasteiger partial charge in [0.1, 0.15) is 17.2 Å². The Balaban J connectivity index is 1.69. The summed E-state index contributed by atoms with van der Waals surface area (Å²) >= 11 is 1.55. The van der Waals surface area contributed by atoms with Crippen molar-refractivity contribution >= 4 is 38.8 Å². The monoisotopic (exact) mass is 442 g/mol. The molecule has 0 fully saturated rings. The van der Waals surface area contributed by atoms with Gasteiger partial charge in [-0.25, -0.2) is 4.98 Å². The molecule has 0 atom stereocenters. The lowest BCUT2D eigenvalue weighted by atomic mass is 10.2. The molecule has 10 heteroatoms. The zero-order valence-corrected chi connectivity index (χ0v) is 18.1. The molecule has 0 aliphatic heterocycles. The van der Waals surface area contributed by atoms with Crippen molar-refractivity contribution in [1.82, 2.24) is 9.55 Å². The summed E-state index contributed by atoms with van der Waals surface area (Å²) in [5.74, 6) is 0.0441. The van der Waals surface area contributed by atoms with Crippen molar-refractivity contribution in [1.29, 1.82) is 0 Å². The van der Waals surface area contributed by atoms with E-state index in [4.69, 9.17) is 4.74 Å². The van der Waals surface area contributed by atoms with Crippen molar-refractivity contribution in [3.8, 4) is 0 Å². The minimum Gasteiger partial charge on any atom is -0.384 e. The van der Waals surface area contributed by atoms with Gasteiger partial charge in [-0.2, -0.15) is 0 Å². The summed E-state index contributed by atoms with van der Waals surface area (Å²) in [7, 11) is 1.57. The number of fused-ring (bicyclic) bond motifs is 3. The number of thiophene rings is 1. The first-order valence-electron chi connectivity index (χ1n) is 9.97. The van der Waals surface area contributed by atoms with E-state index >= 15 is 0 Å². The Bertz CT molecular complexity index is 1250. The standard InChI is InChI=1S/C21H22N4O5S/c1-12-6-7-13(25(28)29)10-15(12)22-18(26)11-24-17(8-9-30-2)23-20-19(21(24)27)14-4-3-5-16(14)31-20/h6-7,10H,3-5,8-9,11H2,1-2H3,(H,22,26). The molecule has 4 rings (SSSR count). The minimum absolute atomic E-state index is 0.115. The van der Waals surface area contributed by atoms with Gasteiger partial charge in [-0.1, -0.05) is 6.07 Å². The summed E-state index contributed by atoms with van der Waals surface area (Å²) in [5.41, 5.74) is 1.75. The number of nitro groups is 1. The van der Waals surface area contributed by atoms with Gasteiger partial charge in [-0.05, 0) is 37.3 Å². The predicted molar refractivity (Wildman–Crippen MR) is 118 cm³/mol. The molecule has 162 valence electrons. The van der Waals surface area contributed by atoms with Crippen LogP contribution in [0.5, 0.6) is 0 Å². The molecular formula is C21H22N4O5S. The number of anilines is 1. The van der Waals surface area contributed by atoms with Crippen LogP contribution in [0.2, 0.25) is 0 Å². The predicted octanol–water partition coefficient (Wildman–Crippen LogP) is 2.99. The van der Waals surface area contributed by atoms with Crippen LogP contribution < -0.4 is 10.9 Å². The lowest BCUT2D eigenvalue weighted by Gasteiger charge is -2.13. The maximum absolute atomic E-state index is 13.4. The van der Waals surface area contributed by atoms with Crippen LogP contribution in [0.15, 0.2) is 23.0 Å². The van der Waals surface area contributed by atoms with E-state index < -0.39 is 10.8 Å². The molecule has 1 amide bonds. The largest absolute Gasteiger partial charge is 0.384 e. The molecule has 1 N–H and O–H groups in total. The first-order valence-corrected chi connectivity index (χ1v) is 10.8. The number of ether oxygens (including phenoxy) is 1. The molecular weight excluding hydrogens is 420 g/mol. The van der Waals surface area contributed by atoms with Crippen molar-refractivity contribution in [2.75, 3.05) is 19.0 Å². The maximum Gasteiger partial charge on any atom is 0.271 e. The second kappa shape index (κ2) is 8.56. The molecule has 1 aliphatic rings. The number of hydrogen-bond acceptors (Lipinski definition) is 7. The molecule has 0 saturated heterocycles. The molecule has 0 saturated carbocycles. The van der Waals surface area contributed by atoms with E-state index in [1.165, 1.54) is 21.6 Å². The molecule has 0 spiro atoms. The van der Waals surface area contributed by atoms with Crippen LogP contribution in [0, 0.1) is 17.0 Å². The first-order chi connectivity index (χ1) is 14.9. The number of amides is 1. The fourth-order valence-electron chi connectivity index (χ4n) is 3.86. The van der Waals surface area contributed by atoms with Gasteiger partial charge >= 0.3 is 0 Å². The number of rotatable bonds is 7. The smallest absolute Gasteiger partial charge is 0.271 e. The van der Waals surface area contributed by atoms with E-state index in [1.54, 1.807) is 31.4 Å². The van der Waals surface area contributed by atoms with E-state index in [1.807, 2.05) is 0 Å². The highest BCUT2D eigenvalue weighted by Crippen LogP contribution is 2.34. The van der Waals surface area contributed by atoms with Crippen molar-refractivity contribution in [3.05, 3.63) is 60.5 Å². The Morgan fingerprint density at radius 2 is 2.19 bits per heavy atom. The third-order valence-electron chi connectivity index (χ3n) is 5.44. The molecule has 0 unspecified atom stereocenters. The maximum atomic E-state index is 13.4. The molecule has 1 aromatic carbocycles. The average Bonchev–Trinajstić information content (AvgIpc) is 3.31.